The van der Waals surface area contributed by atoms with E-state index in [0.717, 1.165) is 49.6 Å². The molecule has 2 rings (SSSR count). The maximum absolute atomic E-state index is 12.2. The van der Waals surface area contributed by atoms with Crippen molar-refractivity contribution < 1.29 is 4.21 Å². The highest BCUT2D eigenvalue weighted by Crippen LogP contribution is 2.23. The highest BCUT2D eigenvalue weighted by molar-refractivity contribution is 7.85. The zero-order valence-corrected chi connectivity index (χ0v) is 18.0. The van der Waals surface area contributed by atoms with Crippen LogP contribution >= 0.6 is 0 Å². The number of nitrogens with zero attached hydrogens (tertiary/aromatic N) is 1. The molecule has 1 saturated carbocycles. The number of nitrogens with one attached hydrogen (secondary N) is 3. The van der Waals surface area contributed by atoms with Gasteiger partial charge in [0.2, 0.25) is 0 Å². The molecule has 1 aromatic carbocycles. The summed E-state index contributed by atoms with van der Waals surface area (Å²) in [5.74, 6) is 2.08. The Bertz CT molecular complexity index is 605. The molecule has 4 atom stereocenters. The normalized spacial score (nSPS) is 22.9. The number of hydrogen-bond donors (Lipinski definition) is 3. The quantitative estimate of drug-likeness (QED) is 0.469. The lowest BCUT2D eigenvalue weighted by Gasteiger charge is -2.31. The van der Waals surface area contributed by atoms with E-state index in [1.54, 1.807) is 0 Å². The van der Waals surface area contributed by atoms with Crippen LogP contribution in [0.3, 0.4) is 0 Å². The van der Waals surface area contributed by atoms with E-state index in [-0.39, 0.29) is 0 Å². The van der Waals surface area contributed by atoms with E-state index in [1.165, 1.54) is 0 Å². The lowest BCUT2D eigenvalue weighted by Crippen LogP contribution is -2.49. The molecule has 0 aliphatic heterocycles. The summed E-state index contributed by atoms with van der Waals surface area (Å²) in [6, 6.07) is 11.0. The zero-order valence-electron chi connectivity index (χ0n) is 17.2. The molecule has 0 bridgehead atoms. The van der Waals surface area contributed by atoms with E-state index in [4.69, 9.17) is 0 Å². The largest absolute Gasteiger partial charge is 0.380 e. The molecule has 0 aromatic heterocycles. The Morgan fingerprint density at radius 3 is 2.63 bits per heavy atom. The van der Waals surface area contributed by atoms with Crippen molar-refractivity contribution in [3.63, 3.8) is 0 Å². The van der Waals surface area contributed by atoms with Gasteiger partial charge in [0.15, 0.2) is 5.96 Å². The van der Waals surface area contributed by atoms with Gasteiger partial charge in [0.05, 0.1) is 0 Å². The first-order chi connectivity index (χ1) is 13.0. The topological polar surface area (TPSA) is 65.5 Å². The van der Waals surface area contributed by atoms with Crippen LogP contribution in [-0.4, -0.2) is 46.8 Å². The first-order valence-electron chi connectivity index (χ1n) is 10.2. The molecule has 6 heteroatoms. The van der Waals surface area contributed by atoms with Gasteiger partial charge in [-0.3, -0.25) is 9.20 Å². The van der Waals surface area contributed by atoms with E-state index in [2.05, 4.69) is 46.9 Å². The van der Waals surface area contributed by atoms with Gasteiger partial charge in [0, 0.05) is 53.2 Å². The second-order valence-corrected chi connectivity index (χ2v) is 9.62. The second kappa shape index (κ2) is 11.3. The van der Waals surface area contributed by atoms with Gasteiger partial charge < -0.3 is 16.0 Å². The third-order valence-corrected chi connectivity index (χ3v) is 7.01. The summed E-state index contributed by atoms with van der Waals surface area (Å²) in [6.45, 7) is 7.26. The molecule has 1 aliphatic carbocycles. The molecule has 1 fully saturated rings. The van der Waals surface area contributed by atoms with Gasteiger partial charge in [-0.2, -0.15) is 0 Å². The van der Waals surface area contributed by atoms with Crippen molar-refractivity contribution >= 4 is 22.4 Å². The predicted molar refractivity (Wildman–Crippen MR) is 118 cm³/mol. The third-order valence-electron chi connectivity index (χ3n) is 5.27. The molecule has 152 valence electrons. The van der Waals surface area contributed by atoms with Crippen LogP contribution in [0.1, 0.15) is 46.5 Å². The van der Waals surface area contributed by atoms with Crippen LogP contribution in [0.5, 0.6) is 0 Å². The van der Waals surface area contributed by atoms with Crippen LogP contribution in [0.15, 0.2) is 35.3 Å². The van der Waals surface area contributed by atoms with Crippen molar-refractivity contribution in [1.29, 1.82) is 0 Å². The van der Waals surface area contributed by atoms with E-state index >= 15 is 0 Å². The van der Waals surface area contributed by atoms with Crippen molar-refractivity contribution in [2.75, 3.05) is 24.7 Å². The molecule has 0 amide bonds. The SMILES string of the molecule is CCS(=O)C1CCCC(NC(=NC)NCC(Nc2ccccc2)C(C)C)C1. The molecule has 0 heterocycles. The second-order valence-electron chi connectivity index (χ2n) is 7.61. The maximum Gasteiger partial charge on any atom is 0.191 e. The van der Waals surface area contributed by atoms with Crippen LogP contribution in [0.2, 0.25) is 0 Å². The van der Waals surface area contributed by atoms with Crippen LogP contribution in [0.25, 0.3) is 0 Å². The highest BCUT2D eigenvalue weighted by atomic mass is 32.2. The van der Waals surface area contributed by atoms with Crippen LogP contribution in [0.4, 0.5) is 5.69 Å². The van der Waals surface area contributed by atoms with E-state index < -0.39 is 10.8 Å². The fourth-order valence-electron chi connectivity index (χ4n) is 3.55. The van der Waals surface area contributed by atoms with Gasteiger partial charge in [-0.05, 0) is 37.3 Å². The van der Waals surface area contributed by atoms with Gasteiger partial charge in [0.1, 0.15) is 0 Å². The van der Waals surface area contributed by atoms with Crippen molar-refractivity contribution in [1.82, 2.24) is 10.6 Å². The summed E-state index contributed by atoms with van der Waals surface area (Å²) in [5, 5.41) is 11.0. The molecule has 1 aliphatic rings. The Labute approximate surface area is 167 Å². The molecule has 0 radical (unpaired) electrons. The Kier molecular flexibility index (Phi) is 9.11. The number of benzene rings is 1. The molecule has 4 unspecified atom stereocenters. The first kappa shape index (κ1) is 21.7. The molecule has 5 nitrogen and oxygen atoms in total. The number of para-hydroxylation sites is 1. The van der Waals surface area contributed by atoms with E-state index in [9.17, 15) is 4.21 Å². The minimum Gasteiger partial charge on any atom is -0.380 e. The smallest absolute Gasteiger partial charge is 0.191 e. The molecule has 0 spiro atoms. The lowest BCUT2D eigenvalue weighted by molar-refractivity contribution is 0.412. The fraction of sp³-hybridized carbons (Fsp3) is 0.667. The number of aliphatic imine (C=N–C) groups is 1. The molecule has 1 aromatic rings. The van der Waals surface area contributed by atoms with Crippen LogP contribution in [0, 0.1) is 5.92 Å². The minimum atomic E-state index is -0.701. The Balaban J connectivity index is 1.87. The van der Waals surface area contributed by atoms with Gasteiger partial charge in [-0.25, -0.2) is 0 Å². The Morgan fingerprint density at radius 1 is 1.26 bits per heavy atom. The average Bonchev–Trinajstić information content (AvgIpc) is 2.70. The fourth-order valence-corrected chi connectivity index (χ4v) is 4.89. The maximum atomic E-state index is 12.2. The highest BCUT2D eigenvalue weighted by Gasteiger charge is 2.26. The summed E-state index contributed by atoms with van der Waals surface area (Å²) in [7, 11) is 1.11. The Hall–Kier alpha value is -1.56. The van der Waals surface area contributed by atoms with Gasteiger partial charge in [0.25, 0.3) is 0 Å². The first-order valence-corrected chi connectivity index (χ1v) is 11.6. The van der Waals surface area contributed by atoms with Gasteiger partial charge in [-0.15, -0.1) is 0 Å². The van der Waals surface area contributed by atoms with Crippen LogP contribution in [-0.2, 0) is 10.8 Å². The number of guanidine groups is 1. The number of rotatable bonds is 8. The molecule has 0 saturated heterocycles. The number of anilines is 1. The molecular formula is C21H36N4OS. The van der Waals surface area contributed by atoms with E-state index in [0.29, 0.717) is 23.3 Å². The molecule has 27 heavy (non-hydrogen) atoms. The molecular weight excluding hydrogens is 356 g/mol. The number of hydrogen-bond acceptors (Lipinski definition) is 3. The third kappa shape index (κ3) is 7.17. The summed E-state index contributed by atoms with van der Waals surface area (Å²) in [6.07, 6.45) is 4.31. The van der Waals surface area contributed by atoms with E-state index in [1.807, 2.05) is 32.2 Å². The average molecular weight is 393 g/mol. The van der Waals surface area contributed by atoms with Crippen molar-refractivity contribution in [3.8, 4) is 0 Å². The lowest BCUT2D eigenvalue weighted by atomic mass is 9.95. The van der Waals surface area contributed by atoms with Crippen molar-refractivity contribution in [3.05, 3.63) is 30.3 Å². The van der Waals surface area contributed by atoms with Gasteiger partial charge >= 0.3 is 0 Å². The minimum absolute atomic E-state index is 0.303. The zero-order chi connectivity index (χ0) is 19.6. The Morgan fingerprint density at radius 2 is 2.00 bits per heavy atom. The van der Waals surface area contributed by atoms with Crippen molar-refractivity contribution in [2.45, 2.75) is 63.8 Å². The summed E-state index contributed by atoms with van der Waals surface area (Å²) in [5.41, 5.74) is 1.14. The van der Waals surface area contributed by atoms with Gasteiger partial charge in [-0.1, -0.05) is 45.4 Å². The monoisotopic (exact) mass is 392 g/mol. The standard InChI is InChI=1S/C21H36N4OS/c1-5-27(26)19-13-9-12-18(14-19)25-21(22-4)23-15-20(16(2)3)24-17-10-7-6-8-11-17/h6-8,10-11,16,18-20,24H,5,9,12-15H2,1-4H3,(H2,22,23,25). The van der Waals surface area contributed by atoms with Crippen LogP contribution < -0.4 is 16.0 Å². The molecule has 3 N–H and O–H groups in total. The predicted octanol–water partition coefficient (Wildman–Crippen LogP) is 3.37. The van der Waals surface area contributed by atoms with Crippen molar-refractivity contribution in [2.24, 2.45) is 10.9 Å². The summed E-state index contributed by atoms with van der Waals surface area (Å²) in [4.78, 5) is 4.40. The summed E-state index contributed by atoms with van der Waals surface area (Å²) < 4.78 is 12.2. The summed E-state index contributed by atoms with van der Waals surface area (Å²) >= 11 is 0.